The van der Waals surface area contributed by atoms with Gasteiger partial charge in [-0.3, -0.25) is 4.79 Å². The van der Waals surface area contributed by atoms with Crippen LogP contribution in [-0.2, 0) is 11.2 Å². The number of nitrogens with one attached hydrogen (secondary N) is 1. The molecule has 98 valence electrons. The molecule has 1 aliphatic rings. The zero-order valence-corrected chi connectivity index (χ0v) is 10.5. The van der Waals surface area contributed by atoms with Crippen molar-refractivity contribution in [1.29, 1.82) is 0 Å². The van der Waals surface area contributed by atoms with Crippen molar-refractivity contribution in [3.8, 4) is 0 Å². The van der Waals surface area contributed by atoms with Gasteiger partial charge in [-0.1, -0.05) is 13.8 Å². The van der Waals surface area contributed by atoms with Gasteiger partial charge in [-0.25, -0.2) is 9.78 Å². The molecule has 0 bridgehead atoms. The van der Waals surface area contributed by atoms with Gasteiger partial charge in [-0.05, 0) is 12.3 Å². The van der Waals surface area contributed by atoms with Gasteiger partial charge >= 0.3 is 5.97 Å². The molecule has 1 aromatic rings. The first kappa shape index (κ1) is 12.6. The summed E-state index contributed by atoms with van der Waals surface area (Å²) in [5, 5.41) is 9.26. The summed E-state index contributed by atoms with van der Waals surface area (Å²) in [4.78, 5) is 31.4. The summed E-state index contributed by atoms with van der Waals surface area (Å²) in [7, 11) is 0. The molecule has 6 heteroatoms. The lowest BCUT2D eigenvalue weighted by Crippen LogP contribution is -2.40. The third-order valence-corrected chi connectivity index (χ3v) is 3.36. The number of nitrogens with zero attached hydrogens (tertiary/aromatic N) is 2. The van der Waals surface area contributed by atoms with E-state index in [2.05, 4.69) is 9.97 Å². The van der Waals surface area contributed by atoms with E-state index < -0.39 is 12.0 Å². The van der Waals surface area contributed by atoms with E-state index in [0.717, 1.165) is 6.42 Å². The highest BCUT2D eigenvalue weighted by Crippen LogP contribution is 2.27. The highest BCUT2D eigenvalue weighted by molar-refractivity contribution is 5.78. The molecule has 0 aliphatic carbocycles. The van der Waals surface area contributed by atoms with Crippen LogP contribution in [0.4, 0.5) is 5.82 Å². The van der Waals surface area contributed by atoms with Crippen molar-refractivity contribution in [1.82, 2.24) is 9.97 Å². The highest BCUT2D eigenvalue weighted by Gasteiger charge is 2.37. The number of hydrogen-bond acceptors (Lipinski definition) is 4. The topological polar surface area (TPSA) is 86.3 Å². The molecule has 6 nitrogen and oxygen atoms in total. The number of carboxylic acids is 1. The number of aromatic amines is 1. The van der Waals surface area contributed by atoms with E-state index in [9.17, 15) is 14.7 Å². The second-order valence-corrected chi connectivity index (χ2v) is 4.65. The minimum absolute atomic E-state index is 0.0636. The van der Waals surface area contributed by atoms with Crippen molar-refractivity contribution >= 4 is 11.8 Å². The number of anilines is 1. The van der Waals surface area contributed by atoms with Gasteiger partial charge in [-0.15, -0.1) is 0 Å². The zero-order chi connectivity index (χ0) is 13.3. The summed E-state index contributed by atoms with van der Waals surface area (Å²) in [6, 6.07) is 0.775. The largest absolute Gasteiger partial charge is 0.480 e. The average molecular weight is 251 g/mol. The predicted octanol–water partition coefficient (Wildman–Crippen LogP) is 0.632. The molecule has 18 heavy (non-hydrogen) atoms. The molecule has 0 saturated carbocycles. The fraction of sp³-hybridized carbons (Fsp3) is 0.583. The van der Waals surface area contributed by atoms with Gasteiger partial charge < -0.3 is 15.0 Å². The molecular formula is C12H17N3O3. The van der Waals surface area contributed by atoms with Crippen molar-refractivity contribution in [3.05, 3.63) is 22.2 Å². The van der Waals surface area contributed by atoms with E-state index in [0.29, 0.717) is 24.6 Å². The molecule has 2 rings (SSSR count). The van der Waals surface area contributed by atoms with Crippen LogP contribution in [0, 0.1) is 5.92 Å². The standard InChI is InChI=1S/C12H17N3O3/c1-3-8-13-9(6-10(16)14-8)15-5-4-7(2)11(15)12(17)18/h6-7,11H,3-5H2,1-2H3,(H,17,18)(H,13,14,16). The summed E-state index contributed by atoms with van der Waals surface area (Å²) in [6.45, 7) is 4.42. The fourth-order valence-electron chi connectivity index (χ4n) is 2.39. The highest BCUT2D eigenvalue weighted by atomic mass is 16.4. The minimum Gasteiger partial charge on any atom is -0.480 e. The molecule has 1 aromatic heterocycles. The summed E-state index contributed by atoms with van der Waals surface area (Å²) >= 11 is 0. The van der Waals surface area contributed by atoms with Gasteiger partial charge in [0.05, 0.1) is 0 Å². The maximum absolute atomic E-state index is 11.5. The predicted molar refractivity (Wildman–Crippen MR) is 66.8 cm³/mol. The Morgan fingerprint density at radius 3 is 3.00 bits per heavy atom. The molecule has 0 amide bonds. The number of aromatic nitrogens is 2. The van der Waals surface area contributed by atoms with Crippen molar-refractivity contribution in [2.75, 3.05) is 11.4 Å². The van der Waals surface area contributed by atoms with Crippen LogP contribution in [0.3, 0.4) is 0 Å². The maximum atomic E-state index is 11.5. The Bertz CT molecular complexity index is 512. The SMILES string of the molecule is CCc1nc(N2CCC(C)C2C(=O)O)cc(=O)[nH]1. The number of rotatable bonds is 3. The molecule has 0 aromatic carbocycles. The molecular weight excluding hydrogens is 234 g/mol. The maximum Gasteiger partial charge on any atom is 0.326 e. The Labute approximate surface area is 105 Å². The first-order chi connectivity index (χ1) is 8.52. The molecule has 1 saturated heterocycles. The van der Waals surface area contributed by atoms with Crippen molar-refractivity contribution < 1.29 is 9.90 Å². The lowest BCUT2D eigenvalue weighted by Gasteiger charge is -2.24. The summed E-state index contributed by atoms with van der Waals surface area (Å²) in [5.41, 5.74) is -0.236. The van der Waals surface area contributed by atoms with E-state index in [4.69, 9.17) is 0 Å². The third kappa shape index (κ3) is 2.23. The van der Waals surface area contributed by atoms with Gasteiger partial charge in [0.25, 0.3) is 5.56 Å². The normalized spacial score (nSPS) is 23.3. The molecule has 0 radical (unpaired) electrons. The number of hydrogen-bond donors (Lipinski definition) is 2. The van der Waals surface area contributed by atoms with Crippen LogP contribution in [0.15, 0.2) is 10.9 Å². The lowest BCUT2D eigenvalue weighted by molar-refractivity contribution is -0.139. The molecule has 2 unspecified atom stereocenters. The van der Waals surface area contributed by atoms with Crippen molar-refractivity contribution in [3.63, 3.8) is 0 Å². The number of aryl methyl sites for hydroxylation is 1. The first-order valence-corrected chi connectivity index (χ1v) is 6.12. The Kier molecular flexibility index (Phi) is 3.36. The Morgan fingerprint density at radius 1 is 1.67 bits per heavy atom. The molecule has 2 atom stereocenters. The molecule has 1 fully saturated rings. The lowest BCUT2D eigenvalue weighted by atomic mass is 10.0. The molecule has 0 spiro atoms. The van der Waals surface area contributed by atoms with Crippen LogP contribution in [0.2, 0.25) is 0 Å². The van der Waals surface area contributed by atoms with Gasteiger partial charge in [0, 0.05) is 19.0 Å². The van der Waals surface area contributed by atoms with Gasteiger partial charge in [0.2, 0.25) is 0 Å². The van der Waals surface area contributed by atoms with E-state index in [-0.39, 0.29) is 11.5 Å². The van der Waals surface area contributed by atoms with E-state index in [1.807, 2.05) is 13.8 Å². The first-order valence-electron chi connectivity index (χ1n) is 6.12. The Balaban J connectivity index is 2.39. The second-order valence-electron chi connectivity index (χ2n) is 4.65. The fourth-order valence-corrected chi connectivity index (χ4v) is 2.39. The molecule has 2 N–H and O–H groups in total. The molecule has 2 heterocycles. The summed E-state index contributed by atoms with van der Waals surface area (Å²) < 4.78 is 0. The average Bonchev–Trinajstić information content (AvgIpc) is 2.70. The van der Waals surface area contributed by atoms with E-state index >= 15 is 0 Å². The molecule has 1 aliphatic heterocycles. The van der Waals surface area contributed by atoms with Crippen molar-refractivity contribution in [2.24, 2.45) is 5.92 Å². The van der Waals surface area contributed by atoms with E-state index in [1.165, 1.54) is 6.07 Å². The smallest absolute Gasteiger partial charge is 0.326 e. The number of carbonyl (C=O) groups is 1. The summed E-state index contributed by atoms with van der Waals surface area (Å²) in [5.74, 6) is 0.252. The second kappa shape index (κ2) is 4.80. The van der Waals surface area contributed by atoms with Crippen LogP contribution in [0.1, 0.15) is 26.1 Å². The quantitative estimate of drug-likeness (QED) is 0.823. The van der Waals surface area contributed by atoms with Crippen LogP contribution in [0.25, 0.3) is 0 Å². The zero-order valence-electron chi connectivity index (χ0n) is 10.5. The number of H-pyrrole nitrogens is 1. The van der Waals surface area contributed by atoms with Crippen molar-refractivity contribution in [2.45, 2.75) is 32.7 Å². The van der Waals surface area contributed by atoms with Gasteiger partial charge in [0.15, 0.2) is 0 Å². The van der Waals surface area contributed by atoms with Crippen LogP contribution in [-0.4, -0.2) is 33.6 Å². The third-order valence-electron chi connectivity index (χ3n) is 3.36. The monoisotopic (exact) mass is 251 g/mol. The van der Waals surface area contributed by atoms with Crippen LogP contribution < -0.4 is 10.5 Å². The summed E-state index contributed by atoms with van der Waals surface area (Å²) in [6.07, 6.45) is 1.41. The van der Waals surface area contributed by atoms with Crippen LogP contribution in [0.5, 0.6) is 0 Å². The van der Waals surface area contributed by atoms with Gasteiger partial charge in [0.1, 0.15) is 17.7 Å². The van der Waals surface area contributed by atoms with Crippen LogP contribution >= 0.6 is 0 Å². The Morgan fingerprint density at radius 2 is 2.39 bits per heavy atom. The Hall–Kier alpha value is -1.85. The van der Waals surface area contributed by atoms with Gasteiger partial charge in [-0.2, -0.15) is 0 Å². The number of aliphatic carboxylic acids is 1. The minimum atomic E-state index is -0.861. The van der Waals surface area contributed by atoms with E-state index in [1.54, 1.807) is 4.90 Å². The number of carboxylic acid groups (broad SMARTS) is 1.